The van der Waals surface area contributed by atoms with E-state index in [9.17, 15) is 0 Å². The van der Waals surface area contributed by atoms with Gasteiger partial charge in [0.1, 0.15) is 0 Å². The molecule has 0 atom stereocenters. The first-order chi connectivity index (χ1) is 11.2. The van der Waals surface area contributed by atoms with Gasteiger partial charge in [0.2, 0.25) is 11.9 Å². The van der Waals surface area contributed by atoms with Crippen molar-refractivity contribution in [3.63, 3.8) is 0 Å². The van der Waals surface area contributed by atoms with Gasteiger partial charge in [0.05, 0.1) is 0 Å². The molecule has 0 aromatic carbocycles. The molecule has 0 amide bonds. The van der Waals surface area contributed by atoms with Gasteiger partial charge in [-0.3, -0.25) is 10.8 Å². The molecule has 0 aromatic rings. The van der Waals surface area contributed by atoms with E-state index in [4.69, 9.17) is 33.8 Å². The molecule has 10 heteroatoms. The quantitative estimate of drug-likeness (QED) is 0.148. The van der Waals surface area contributed by atoms with Crippen LogP contribution in [0.1, 0.15) is 25.7 Å². The summed E-state index contributed by atoms with van der Waals surface area (Å²) in [6.45, 7) is 1.41. The van der Waals surface area contributed by atoms with Crippen LogP contribution in [0.3, 0.4) is 0 Å². The van der Waals surface area contributed by atoms with E-state index in [0.29, 0.717) is 13.1 Å². The molecule has 10 nitrogen and oxygen atoms in total. The number of unbranched alkanes of at least 4 members (excludes halogenated alkanes) is 2. The summed E-state index contributed by atoms with van der Waals surface area (Å²) in [6.07, 6.45) is 7.87. The number of allylic oxidation sites excluding steroid dienone is 2. The molecule has 24 heavy (non-hydrogen) atoms. The smallest absolute Gasteiger partial charge is 0.220 e. The number of rotatable bonds is 8. The number of guanidine groups is 4. The molecule has 0 aliphatic heterocycles. The molecule has 10 N–H and O–H groups in total. The van der Waals surface area contributed by atoms with Crippen LogP contribution < -0.4 is 22.9 Å². The number of nitrogens with one attached hydrogen (secondary N) is 2. The molecule has 0 aliphatic rings. The number of nitrogens with two attached hydrogens (primary N) is 4. The van der Waals surface area contributed by atoms with Gasteiger partial charge in [-0.2, -0.15) is 9.98 Å². The zero-order valence-electron chi connectivity index (χ0n) is 14.5. The van der Waals surface area contributed by atoms with Gasteiger partial charge in [-0.1, -0.05) is 12.2 Å². The molecule has 0 saturated heterocycles. The van der Waals surface area contributed by atoms with Crippen LogP contribution >= 0.6 is 0 Å². The fourth-order valence-electron chi connectivity index (χ4n) is 1.76. The summed E-state index contributed by atoms with van der Waals surface area (Å²) < 4.78 is 0. The maximum atomic E-state index is 7.63. The van der Waals surface area contributed by atoms with E-state index in [1.807, 2.05) is 0 Å². The van der Waals surface area contributed by atoms with E-state index in [1.54, 1.807) is 23.9 Å². The van der Waals surface area contributed by atoms with Gasteiger partial charge in [0.25, 0.3) is 0 Å². The minimum atomic E-state index is -0.107. The average Bonchev–Trinajstić information content (AvgIpc) is 2.47. The Morgan fingerprint density at radius 1 is 0.792 bits per heavy atom. The zero-order valence-corrected chi connectivity index (χ0v) is 14.5. The van der Waals surface area contributed by atoms with E-state index in [-0.39, 0.29) is 23.8 Å². The summed E-state index contributed by atoms with van der Waals surface area (Å²) in [5, 5.41) is 15.3. The molecule has 136 valence electrons. The summed E-state index contributed by atoms with van der Waals surface area (Å²) in [5.74, 6) is -0.0928. The fraction of sp³-hybridized carbons (Fsp3) is 0.571. The van der Waals surface area contributed by atoms with Gasteiger partial charge in [0, 0.05) is 27.2 Å². The minimum Gasteiger partial charge on any atom is -0.370 e. The van der Waals surface area contributed by atoms with Gasteiger partial charge in [0.15, 0.2) is 11.9 Å². The summed E-state index contributed by atoms with van der Waals surface area (Å²) in [6, 6.07) is 0. The maximum absolute atomic E-state index is 7.63. The lowest BCUT2D eigenvalue weighted by Crippen LogP contribution is -2.31. The van der Waals surface area contributed by atoms with Crippen LogP contribution in [0.25, 0.3) is 0 Å². The molecule has 0 unspecified atom stereocenters. The summed E-state index contributed by atoms with van der Waals surface area (Å²) in [7, 11) is 3.56. The summed E-state index contributed by atoms with van der Waals surface area (Å²) in [5.41, 5.74) is 20.9. The summed E-state index contributed by atoms with van der Waals surface area (Å²) in [4.78, 5) is 10.7. The first-order valence-electron chi connectivity index (χ1n) is 7.67. The number of hydrogen-bond donors (Lipinski definition) is 6. The van der Waals surface area contributed by atoms with E-state index in [2.05, 4.69) is 22.1 Å². The second-order valence-electron chi connectivity index (χ2n) is 5.32. The van der Waals surface area contributed by atoms with Crippen LogP contribution in [-0.2, 0) is 0 Å². The Morgan fingerprint density at radius 3 is 1.42 bits per heavy atom. The van der Waals surface area contributed by atoms with Gasteiger partial charge in [-0.15, -0.1) is 0 Å². The van der Waals surface area contributed by atoms with Crippen molar-refractivity contribution in [3.05, 3.63) is 12.2 Å². The SMILES string of the molecule is CN(CCC/C=C\CCCN(C)C(=N)N=C(N)N)C(=N)N=C(N)N. The Balaban J connectivity index is 3.81. The second-order valence-corrected chi connectivity index (χ2v) is 5.32. The van der Waals surface area contributed by atoms with Crippen LogP contribution in [0, 0.1) is 10.8 Å². The first-order valence-corrected chi connectivity index (χ1v) is 7.67. The largest absolute Gasteiger partial charge is 0.370 e. The Bertz CT molecular complexity index is 442. The van der Waals surface area contributed by atoms with E-state index in [0.717, 1.165) is 25.7 Å². The fourth-order valence-corrected chi connectivity index (χ4v) is 1.76. The highest BCUT2D eigenvalue weighted by atomic mass is 15.3. The molecule has 0 aromatic heterocycles. The Morgan fingerprint density at radius 2 is 1.12 bits per heavy atom. The standard InChI is InChI=1S/C14H30N10/c1-23(13(19)21-11(15)16)9-7-5-3-4-6-8-10-24(2)14(20)22-12(17)18/h3-4H,5-10H2,1-2H3,(H5,15,16,19,21)(H5,17,18,20,22)/b4-3-. The third-order valence-corrected chi connectivity index (χ3v) is 3.09. The van der Waals surface area contributed by atoms with Crippen molar-refractivity contribution in [1.29, 1.82) is 10.8 Å². The predicted molar refractivity (Wildman–Crippen MR) is 99.9 cm³/mol. The van der Waals surface area contributed by atoms with Crippen molar-refractivity contribution in [2.24, 2.45) is 32.9 Å². The normalized spacial score (nSPS) is 10.2. The highest BCUT2D eigenvalue weighted by Crippen LogP contribution is 2.00. The average molecular weight is 338 g/mol. The molecule has 0 aliphatic carbocycles. The third-order valence-electron chi connectivity index (χ3n) is 3.09. The monoisotopic (exact) mass is 338 g/mol. The lowest BCUT2D eigenvalue weighted by atomic mass is 10.2. The molecule has 0 bridgehead atoms. The predicted octanol–water partition coefficient (Wildman–Crippen LogP) is -0.617. The van der Waals surface area contributed by atoms with Crippen LogP contribution in [0.4, 0.5) is 0 Å². The number of hydrogen-bond acceptors (Lipinski definition) is 2. The van der Waals surface area contributed by atoms with Crippen LogP contribution in [-0.4, -0.2) is 60.8 Å². The van der Waals surface area contributed by atoms with Crippen molar-refractivity contribution in [3.8, 4) is 0 Å². The van der Waals surface area contributed by atoms with Crippen molar-refractivity contribution in [2.45, 2.75) is 25.7 Å². The van der Waals surface area contributed by atoms with Crippen LogP contribution in [0.2, 0.25) is 0 Å². The lowest BCUT2D eigenvalue weighted by Gasteiger charge is -2.16. The van der Waals surface area contributed by atoms with Crippen molar-refractivity contribution in [1.82, 2.24) is 9.80 Å². The van der Waals surface area contributed by atoms with E-state index in [1.165, 1.54) is 0 Å². The molecule has 0 spiro atoms. The topological polar surface area (TPSA) is 183 Å². The molecule has 0 saturated carbocycles. The van der Waals surface area contributed by atoms with Gasteiger partial charge in [-0.05, 0) is 25.7 Å². The maximum Gasteiger partial charge on any atom is 0.220 e. The van der Waals surface area contributed by atoms with Crippen molar-refractivity contribution < 1.29 is 0 Å². The molecule has 0 radical (unpaired) electrons. The van der Waals surface area contributed by atoms with Gasteiger partial charge < -0.3 is 32.7 Å². The van der Waals surface area contributed by atoms with E-state index < -0.39 is 0 Å². The second kappa shape index (κ2) is 11.7. The molecule has 0 heterocycles. The molecule has 0 rings (SSSR count). The highest BCUT2D eigenvalue weighted by Gasteiger charge is 2.03. The van der Waals surface area contributed by atoms with E-state index >= 15 is 0 Å². The highest BCUT2D eigenvalue weighted by molar-refractivity contribution is 5.92. The third kappa shape index (κ3) is 10.9. The zero-order chi connectivity index (χ0) is 18.5. The lowest BCUT2D eigenvalue weighted by molar-refractivity contribution is 0.480. The Kier molecular flexibility index (Phi) is 10.4. The Labute approximate surface area is 143 Å². The van der Waals surface area contributed by atoms with Gasteiger partial charge >= 0.3 is 0 Å². The van der Waals surface area contributed by atoms with Crippen molar-refractivity contribution in [2.75, 3.05) is 27.2 Å². The molecule has 0 fully saturated rings. The first kappa shape index (κ1) is 21.2. The molecular formula is C14H30N10. The molecular weight excluding hydrogens is 308 g/mol. The van der Waals surface area contributed by atoms with Crippen molar-refractivity contribution >= 4 is 23.8 Å². The minimum absolute atomic E-state index is 0.0604. The number of aliphatic imine (C=N–C) groups is 2. The summed E-state index contributed by atoms with van der Waals surface area (Å²) >= 11 is 0. The van der Waals surface area contributed by atoms with Crippen LogP contribution in [0.15, 0.2) is 22.1 Å². The Hall–Kier alpha value is -2.78. The van der Waals surface area contributed by atoms with Crippen LogP contribution in [0.5, 0.6) is 0 Å². The van der Waals surface area contributed by atoms with Gasteiger partial charge in [-0.25, -0.2) is 0 Å². The number of nitrogens with zero attached hydrogens (tertiary/aromatic N) is 4.